The number of phenols is 1. The second kappa shape index (κ2) is 8.39. The van der Waals surface area contributed by atoms with Crippen LogP contribution in [0.15, 0.2) is 71.8 Å². The summed E-state index contributed by atoms with van der Waals surface area (Å²) in [5.41, 5.74) is 4.98. The molecule has 0 atom stereocenters. The summed E-state index contributed by atoms with van der Waals surface area (Å²) < 4.78 is 1.69. The molecule has 0 unspecified atom stereocenters. The van der Waals surface area contributed by atoms with Gasteiger partial charge in [0.05, 0.1) is 29.6 Å². The number of benzene rings is 3. The summed E-state index contributed by atoms with van der Waals surface area (Å²) in [5, 5.41) is 20.8. The van der Waals surface area contributed by atoms with Gasteiger partial charge in [-0.15, -0.1) is 0 Å². The van der Waals surface area contributed by atoms with E-state index in [1.807, 2.05) is 61.5 Å². The lowest BCUT2D eigenvalue weighted by atomic mass is 10.1. The van der Waals surface area contributed by atoms with E-state index < -0.39 is 5.91 Å². The van der Waals surface area contributed by atoms with Crippen LogP contribution in [-0.2, 0) is 6.54 Å². The highest BCUT2D eigenvalue weighted by atomic mass is 35.5. The number of aromatic nitrogens is 2. The van der Waals surface area contributed by atoms with Gasteiger partial charge in [0.25, 0.3) is 5.91 Å². The predicted molar refractivity (Wildman–Crippen MR) is 118 cm³/mol. The van der Waals surface area contributed by atoms with E-state index in [2.05, 4.69) is 15.6 Å². The average Bonchev–Trinajstić information content (AvgIpc) is 3.01. The number of rotatable bonds is 5. The topological polar surface area (TPSA) is 79.5 Å². The fourth-order valence-corrected chi connectivity index (χ4v) is 3.48. The first-order chi connectivity index (χ1) is 14.5. The van der Waals surface area contributed by atoms with Crippen molar-refractivity contribution in [3.63, 3.8) is 0 Å². The minimum atomic E-state index is -0.514. The van der Waals surface area contributed by atoms with Crippen molar-refractivity contribution in [1.82, 2.24) is 15.2 Å². The summed E-state index contributed by atoms with van der Waals surface area (Å²) in [6, 6.07) is 20.5. The van der Waals surface area contributed by atoms with Gasteiger partial charge in [0.2, 0.25) is 0 Å². The summed E-state index contributed by atoms with van der Waals surface area (Å²) in [7, 11) is 0. The first-order valence-corrected chi connectivity index (χ1v) is 9.72. The number of hydrazone groups is 1. The number of aryl methyl sites for hydroxylation is 1. The number of carbonyl (C=O) groups is 1. The fraction of sp³-hybridized carbons (Fsp3) is 0.0870. The number of phenolic OH excluding ortho intramolecular Hbond substituents is 1. The van der Waals surface area contributed by atoms with Crippen LogP contribution in [0.1, 0.15) is 27.2 Å². The highest BCUT2D eigenvalue weighted by molar-refractivity contribution is 6.32. The Hall–Kier alpha value is -3.64. The van der Waals surface area contributed by atoms with E-state index >= 15 is 0 Å². The quantitative estimate of drug-likeness (QED) is 0.369. The minimum absolute atomic E-state index is 0.105. The van der Waals surface area contributed by atoms with Crippen LogP contribution in [0.25, 0.3) is 10.8 Å². The fourth-order valence-electron chi connectivity index (χ4n) is 3.20. The van der Waals surface area contributed by atoms with Gasteiger partial charge >= 0.3 is 0 Å². The van der Waals surface area contributed by atoms with Crippen molar-refractivity contribution in [2.45, 2.75) is 13.5 Å². The van der Waals surface area contributed by atoms with Crippen molar-refractivity contribution in [2.75, 3.05) is 0 Å². The van der Waals surface area contributed by atoms with Crippen LogP contribution in [0.4, 0.5) is 0 Å². The van der Waals surface area contributed by atoms with Gasteiger partial charge in [-0.2, -0.15) is 10.2 Å². The van der Waals surface area contributed by atoms with E-state index in [4.69, 9.17) is 11.6 Å². The van der Waals surface area contributed by atoms with E-state index in [1.165, 1.54) is 6.21 Å². The lowest BCUT2D eigenvalue weighted by molar-refractivity contribution is 0.0952. The molecule has 1 heterocycles. The van der Waals surface area contributed by atoms with E-state index in [9.17, 15) is 9.90 Å². The Balaban J connectivity index is 1.51. The first kappa shape index (κ1) is 19.7. The summed E-state index contributed by atoms with van der Waals surface area (Å²) in [4.78, 5) is 12.5. The molecule has 0 bridgehead atoms. The molecule has 0 saturated carbocycles. The lowest BCUT2D eigenvalue weighted by Gasteiger charge is -2.05. The maximum atomic E-state index is 12.5. The Morgan fingerprint density at radius 3 is 2.53 bits per heavy atom. The summed E-state index contributed by atoms with van der Waals surface area (Å²) in [6.07, 6.45) is 1.46. The summed E-state index contributed by atoms with van der Waals surface area (Å²) >= 11 is 6.46. The third-order valence-corrected chi connectivity index (χ3v) is 5.15. The molecule has 0 spiro atoms. The van der Waals surface area contributed by atoms with Crippen molar-refractivity contribution >= 4 is 34.5 Å². The molecule has 30 heavy (non-hydrogen) atoms. The van der Waals surface area contributed by atoms with Gasteiger partial charge in [-0.3, -0.25) is 4.79 Å². The van der Waals surface area contributed by atoms with E-state index in [0.29, 0.717) is 23.0 Å². The zero-order valence-corrected chi connectivity index (χ0v) is 17.0. The molecule has 1 aromatic heterocycles. The molecule has 7 heteroatoms. The lowest BCUT2D eigenvalue weighted by Crippen LogP contribution is -2.17. The van der Waals surface area contributed by atoms with Crippen LogP contribution in [0.5, 0.6) is 5.75 Å². The molecule has 150 valence electrons. The molecular weight excluding hydrogens is 400 g/mol. The molecule has 1 amide bonds. The SMILES string of the molecule is Cc1nn(Cc2ccccc2)c(Cl)c1C=NNC(=O)c1cc2ccccc2cc1O. The Morgan fingerprint density at radius 2 is 1.80 bits per heavy atom. The molecule has 4 rings (SSSR count). The van der Waals surface area contributed by atoms with Gasteiger partial charge in [-0.25, -0.2) is 10.1 Å². The van der Waals surface area contributed by atoms with Crippen molar-refractivity contribution in [3.05, 3.63) is 94.3 Å². The Kier molecular flexibility index (Phi) is 5.50. The maximum absolute atomic E-state index is 12.5. The second-order valence-electron chi connectivity index (χ2n) is 6.85. The van der Waals surface area contributed by atoms with Crippen molar-refractivity contribution in [1.29, 1.82) is 0 Å². The van der Waals surface area contributed by atoms with Gasteiger partial charge in [0.15, 0.2) is 0 Å². The Labute approximate surface area is 178 Å². The number of halogens is 1. The normalized spacial score (nSPS) is 11.3. The Morgan fingerprint density at radius 1 is 1.13 bits per heavy atom. The number of nitrogens with one attached hydrogen (secondary N) is 1. The predicted octanol–water partition coefficient (Wildman–Crippen LogP) is 4.52. The number of nitrogens with zero attached hydrogens (tertiary/aromatic N) is 3. The number of hydrogen-bond donors (Lipinski definition) is 2. The van der Waals surface area contributed by atoms with Gasteiger partial charge in [-0.1, -0.05) is 66.2 Å². The van der Waals surface area contributed by atoms with Crippen LogP contribution < -0.4 is 5.43 Å². The third-order valence-electron chi connectivity index (χ3n) is 4.75. The highest BCUT2D eigenvalue weighted by Gasteiger charge is 2.14. The maximum Gasteiger partial charge on any atom is 0.275 e. The van der Waals surface area contributed by atoms with Crippen LogP contribution in [0.2, 0.25) is 5.15 Å². The number of fused-ring (bicyclic) bond motifs is 1. The third kappa shape index (κ3) is 4.04. The van der Waals surface area contributed by atoms with Gasteiger partial charge in [0.1, 0.15) is 10.9 Å². The zero-order valence-electron chi connectivity index (χ0n) is 16.2. The summed E-state index contributed by atoms with van der Waals surface area (Å²) in [5.74, 6) is -0.619. The average molecular weight is 419 g/mol. The van der Waals surface area contributed by atoms with E-state index in [0.717, 1.165) is 16.3 Å². The molecule has 0 radical (unpaired) electrons. The molecule has 0 aliphatic carbocycles. The second-order valence-corrected chi connectivity index (χ2v) is 7.21. The number of hydrogen-bond acceptors (Lipinski definition) is 4. The van der Waals surface area contributed by atoms with E-state index in [1.54, 1.807) is 16.8 Å². The largest absolute Gasteiger partial charge is 0.507 e. The number of carbonyl (C=O) groups excluding carboxylic acids is 1. The number of aromatic hydroxyl groups is 1. The van der Waals surface area contributed by atoms with Crippen LogP contribution in [0, 0.1) is 6.92 Å². The molecule has 3 aromatic carbocycles. The molecule has 0 saturated heterocycles. The molecule has 4 aromatic rings. The number of amides is 1. The molecule has 2 N–H and O–H groups in total. The summed E-state index contributed by atoms with van der Waals surface area (Å²) in [6.45, 7) is 2.36. The molecule has 0 aliphatic heterocycles. The van der Waals surface area contributed by atoms with Crippen molar-refractivity contribution in [3.8, 4) is 5.75 Å². The molecular formula is C23H19ClN4O2. The van der Waals surface area contributed by atoms with Crippen molar-refractivity contribution in [2.24, 2.45) is 5.10 Å². The smallest absolute Gasteiger partial charge is 0.275 e. The zero-order chi connectivity index (χ0) is 21.1. The van der Waals surface area contributed by atoms with Crippen LogP contribution in [0.3, 0.4) is 0 Å². The first-order valence-electron chi connectivity index (χ1n) is 9.35. The monoisotopic (exact) mass is 418 g/mol. The van der Waals surface area contributed by atoms with Gasteiger partial charge in [-0.05, 0) is 35.4 Å². The van der Waals surface area contributed by atoms with Gasteiger partial charge < -0.3 is 5.11 Å². The Bertz CT molecular complexity index is 1250. The highest BCUT2D eigenvalue weighted by Crippen LogP contribution is 2.25. The van der Waals surface area contributed by atoms with Crippen LogP contribution in [-0.4, -0.2) is 27.0 Å². The van der Waals surface area contributed by atoms with E-state index in [-0.39, 0.29) is 11.3 Å². The minimum Gasteiger partial charge on any atom is -0.507 e. The standard InChI is InChI=1S/C23H19ClN4O2/c1-15-20(22(24)28(27-15)14-16-7-3-2-4-8-16)13-25-26-23(30)19-11-17-9-5-6-10-18(17)12-21(19)29/h2-13,29H,14H2,1H3,(H,26,30). The molecule has 0 fully saturated rings. The van der Waals surface area contributed by atoms with Gasteiger partial charge in [0, 0.05) is 0 Å². The molecule has 0 aliphatic rings. The molecule has 6 nitrogen and oxygen atoms in total. The van der Waals surface area contributed by atoms with Crippen LogP contribution >= 0.6 is 11.6 Å². The van der Waals surface area contributed by atoms with Crippen molar-refractivity contribution < 1.29 is 9.90 Å².